The molecule has 154 valence electrons. The van der Waals surface area contributed by atoms with Crippen molar-refractivity contribution < 1.29 is 9.90 Å². The average Bonchev–Trinajstić information content (AvgIpc) is 2.97. The molecule has 4 aliphatic rings. The molecule has 9 atom stereocenters. The van der Waals surface area contributed by atoms with Crippen LogP contribution < -0.4 is 0 Å². The van der Waals surface area contributed by atoms with Gasteiger partial charge in [-0.3, -0.25) is 4.79 Å². The fourth-order valence-corrected chi connectivity index (χ4v) is 9.00. The second-order valence-electron chi connectivity index (χ2n) is 11.7. The van der Waals surface area contributed by atoms with Crippen LogP contribution in [0.15, 0.2) is 0 Å². The van der Waals surface area contributed by atoms with Gasteiger partial charge in [-0.05, 0) is 110 Å². The van der Waals surface area contributed by atoms with E-state index in [1.54, 1.807) is 0 Å². The topological polar surface area (TPSA) is 37.3 Å². The van der Waals surface area contributed by atoms with E-state index in [4.69, 9.17) is 5.11 Å². The first-order valence-corrected chi connectivity index (χ1v) is 12.0. The van der Waals surface area contributed by atoms with Gasteiger partial charge in [-0.1, -0.05) is 34.1 Å². The highest BCUT2D eigenvalue weighted by Gasteiger charge is 2.60. The molecule has 4 saturated carbocycles. The molecule has 0 saturated heterocycles. The molecule has 0 aromatic carbocycles. The van der Waals surface area contributed by atoms with Crippen molar-refractivity contribution in [2.24, 2.45) is 52.3 Å². The molecule has 0 radical (unpaired) electrons. The standard InChI is InChI=1S/C25H42O2/c1-16-11-13-24(3)18(15-16)6-7-19-21-9-8-20(17(2)5-10-23(26)27)25(21,4)14-12-22(19)24/h16-22H,5-15H2,1-4H3,(H,26,27)/t16-,17-,18-,19+,20?,21+,22+,24+,25-/m1/s1. The molecule has 0 spiro atoms. The zero-order valence-electron chi connectivity index (χ0n) is 18.2. The van der Waals surface area contributed by atoms with E-state index in [2.05, 4.69) is 27.7 Å². The van der Waals surface area contributed by atoms with Crippen molar-refractivity contribution in [1.82, 2.24) is 0 Å². The Hall–Kier alpha value is -0.530. The maximum atomic E-state index is 11.1. The monoisotopic (exact) mass is 374 g/mol. The Kier molecular flexibility index (Phi) is 5.17. The summed E-state index contributed by atoms with van der Waals surface area (Å²) < 4.78 is 0. The van der Waals surface area contributed by atoms with Crippen molar-refractivity contribution in [2.45, 2.75) is 98.3 Å². The molecule has 0 aromatic rings. The van der Waals surface area contributed by atoms with E-state index in [0.717, 1.165) is 41.9 Å². The first kappa shape index (κ1) is 19.8. The Labute approximate surface area is 166 Å². The molecule has 1 unspecified atom stereocenters. The Morgan fingerprint density at radius 2 is 1.70 bits per heavy atom. The Balaban J connectivity index is 1.51. The zero-order valence-corrected chi connectivity index (χ0v) is 18.2. The third kappa shape index (κ3) is 3.18. The molecule has 0 bridgehead atoms. The van der Waals surface area contributed by atoms with Crippen LogP contribution in [0, 0.1) is 52.3 Å². The minimum atomic E-state index is -0.622. The highest BCUT2D eigenvalue weighted by Crippen LogP contribution is 2.68. The molecule has 0 amide bonds. The van der Waals surface area contributed by atoms with Gasteiger partial charge in [0.2, 0.25) is 0 Å². The molecular formula is C25H42O2. The van der Waals surface area contributed by atoms with Crippen LogP contribution in [0.5, 0.6) is 0 Å². The van der Waals surface area contributed by atoms with Gasteiger partial charge in [-0.15, -0.1) is 0 Å². The van der Waals surface area contributed by atoms with E-state index < -0.39 is 5.97 Å². The van der Waals surface area contributed by atoms with Gasteiger partial charge >= 0.3 is 5.97 Å². The lowest BCUT2D eigenvalue weighted by Gasteiger charge is -2.61. The quantitative estimate of drug-likeness (QED) is 0.588. The first-order chi connectivity index (χ1) is 12.8. The van der Waals surface area contributed by atoms with Crippen LogP contribution in [0.3, 0.4) is 0 Å². The summed E-state index contributed by atoms with van der Waals surface area (Å²) in [5.74, 6) is 5.45. The van der Waals surface area contributed by atoms with E-state index >= 15 is 0 Å². The third-order valence-electron chi connectivity index (χ3n) is 10.5. The number of carbonyl (C=O) groups is 1. The van der Waals surface area contributed by atoms with Crippen LogP contribution in [0.25, 0.3) is 0 Å². The molecule has 0 aliphatic heterocycles. The SMILES string of the molecule is C[C@@H]1CC[C@@]2(C)[C@H](CC[C@@H]3[C@@H]2CC[C@]2(C)C([C@H](C)CCC(=O)O)CC[C@@H]32)C1. The number of aliphatic carboxylic acids is 1. The molecule has 4 fully saturated rings. The van der Waals surface area contributed by atoms with Gasteiger partial charge in [0.1, 0.15) is 0 Å². The molecule has 0 heterocycles. The molecule has 0 aromatic heterocycles. The van der Waals surface area contributed by atoms with Gasteiger partial charge in [-0.25, -0.2) is 0 Å². The van der Waals surface area contributed by atoms with Gasteiger partial charge in [0.25, 0.3) is 0 Å². The van der Waals surface area contributed by atoms with Crippen molar-refractivity contribution in [3.63, 3.8) is 0 Å². The third-order valence-corrected chi connectivity index (χ3v) is 10.5. The smallest absolute Gasteiger partial charge is 0.303 e. The zero-order chi connectivity index (χ0) is 19.4. The summed E-state index contributed by atoms with van der Waals surface area (Å²) in [5.41, 5.74) is 1.09. The van der Waals surface area contributed by atoms with Gasteiger partial charge in [0.05, 0.1) is 0 Å². The lowest BCUT2D eigenvalue weighted by Crippen LogP contribution is -2.53. The number of carboxylic acids is 1. The molecule has 27 heavy (non-hydrogen) atoms. The van der Waals surface area contributed by atoms with Crippen molar-refractivity contribution in [3.05, 3.63) is 0 Å². The lowest BCUT2D eigenvalue weighted by atomic mass is 9.44. The Morgan fingerprint density at radius 1 is 1.00 bits per heavy atom. The average molecular weight is 375 g/mol. The maximum Gasteiger partial charge on any atom is 0.303 e. The maximum absolute atomic E-state index is 11.1. The van der Waals surface area contributed by atoms with Crippen molar-refractivity contribution in [3.8, 4) is 0 Å². The number of rotatable bonds is 4. The van der Waals surface area contributed by atoms with Crippen molar-refractivity contribution in [1.29, 1.82) is 0 Å². The minimum Gasteiger partial charge on any atom is -0.481 e. The van der Waals surface area contributed by atoms with E-state index in [-0.39, 0.29) is 0 Å². The largest absolute Gasteiger partial charge is 0.481 e. The summed E-state index contributed by atoms with van der Waals surface area (Å²) in [5, 5.41) is 9.11. The number of hydrogen-bond acceptors (Lipinski definition) is 1. The fraction of sp³-hybridized carbons (Fsp3) is 0.960. The number of hydrogen-bond donors (Lipinski definition) is 1. The summed E-state index contributed by atoms with van der Waals surface area (Å²) in [7, 11) is 0. The highest BCUT2D eigenvalue weighted by molar-refractivity contribution is 5.66. The first-order valence-electron chi connectivity index (χ1n) is 12.0. The van der Waals surface area contributed by atoms with Crippen LogP contribution in [0.4, 0.5) is 0 Å². The van der Waals surface area contributed by atoms with E-state index in [9.17, 15) is 4.79 Å². The van der Waals surface area contributed by atoms with Crippen LogP contribution in [0.1, 0.15) is 98.3 Å². The molecule has 1 N–H and O–H groups in total. The lowest BCUT2D eigenvalue weighted by molar-refractivity contribution is -0.137. The van der Waals surface area contributed by atoms with Crippen molar-refractivity contribution in [2.75, 3.05) is 0 Å². The van der Waals surface area contributed by atoms with Crippen LogP contribution in [0.2, 0.25) is 0 Å². The molecule has 4 rings (SSSR count). The van der Waals surface area contributed by atoms with Gasteiger partial charge < -0.3 is 5.11 Å². The summed E-state index contributed by atoms with van der Waals surface area (Å²) in [4.78, 5) is 11.1. The van der Waals surface area contributed by atoms with E-state index in [0.29, 0.717) is 23.2 Å². The van der Waals surface area contributed by atoms with Gasteiger partial charge in [0, 0.05) is 6.42 Å². The summed E-state index contributed by atoms with van der Waals surface area (Å²) in [6.07, 6.45) is 14.2. The van der Waals surface area contributed by atoms with Gasteiger partial charge in [-0.2, -0.15) is 0 Å². The van der Waals surface area contributed by atoms with Gasteiger partial charge in [0.15, 0.2) is 0 Å². The summed E-state index contributed by atoms with van der Waals surface area (Å²) in [6, 6.07) is 0. The fourth-order valence-electron chi connectivity index (χ4n) is 9.00. The molecular weight excluding hydrogens is 332 g/mol. The Bertz CT molecular complexity index is 571. The predicted octanol–water partition coefficient (Wildman–Crippen LogP) is 6.78. The number of carboxylic acid groups (broad SMARTS) is 1. The highest BCUT2D eigenvalue weighted by atomic mass is 16.4. The van der Waals surface area contributed by atoms with Crippen LogP contribution in [-0.4, -0.2) is 11.1 Å². The van der Waals surface area contributed by atoms with E-state index in [1.165, 1.54) is 57.8 Å². The van der Waals surface area contributed by atoms with E-state index in [1.807, 2.05) is 0 Å². The second kappa shape index (κ2) is 7.06. The molecule has 4 aliphatic carbocycles. The Morgan fingerprint density at radius 3 is 2.44 bits per heavy atom. The summed E-state index contributed by atoms with van der Waals surface area (Å²) in [6.45, 7) is 10.1. The number of fused-ring (bicyclic) bond motifs is 5. The molecule has 2 heteroatoms. The van der Waals surface area contributed by atoms with Crippen LogP contribution in [-0.2, 0) is 4.79 Å². The predicted molar refractivity (Wildman–Crippen MR) is 110 cm³/mol. The second-order valence-corrected chi connectivity index (χ2v) is 11.7. The normalized spacial score (nSPS) is 50.4. The summed E-state index contributed by atoms with van der Waals surface area (Å²) >= 11 is 0. The van der Waals surface area contributed by atoms with Crippen molar-refractivity contribution >= 4 is 5.97 Å². The molecule has 2 nitrogen and oxygen atoms in total. The minimum absolute atomic E-state index is 0.350. The van der Waals surface area contributed by atoms with Crippen LogP contribution >= 0.6 is 0 Å².